The van der Waals surface area contributed by atoms with E-state index >= 15 is 0 Å². The maximum atomic E-state index is 10.2. The number of benzene rings is 1. The fraction of sp³-hybridized carbons (Fsp3) is 0.417. The number of aromatic hydroxyl groups is 1. The molecule has 0 unspecified atom stereocenters. The van der Waals surface area contributed by atoms with Crippen LogP contribution in [0.15, 0.2) is 30.3 Å². The molecule has 0 heterocycles. The van der Waals surface area contributed by atoms with Crippen LogP contribution in [-0.2, 0) is 4.79 Å². The van der Waals surface area contributed by atoms with Crippen LogP contribution in [0.5, 0.6) is 5.75 Å². The van der Waals surface area contributed by atoms with Gasteiger partial charge in [0.05, 0.1) is 0 Å². The molecular weight excluding hydrogens is 176 g/mol. The Labute approximate surface area is 85.6 Å². The Morgan fingerprint density at radius 3 is 2.07 bits per heavy atom. The third-order valence-electron chi connectivity index (χ3n) is 1.64. The maximum absolute atomic E-state index is 10.2. The zero-order valence-corrected chi connectivity index (χ0v) is 8.86. The topological polar surface area (TPSA) is 37.3 Å². The van der Waals surface area contributed by atoms with Gasteiger partial charge in [-0.25, -0.2) is 0 Å². The van der Waals surface area contributed by atoms with E-state index < -0.39 is 0 Å². The highest BCUT2D eigenvalue weighted by Gasteiger charge is 1.87. The standard InChI is InChI=1S/C6H6O.C6H12O/c7-6-4-2-1-3-5-6;1-3-4-5-6(2)7/h1-5,7H;3-5H2,1-2H3. The quantitative estimate of drug-likeness (QED) is 0.802. The summed E-state index contributed by atoms with van der Waals surface area (Å²) in [6.45, 7) is 3.72. The van der Waals surface area contributed by atoms with E-state index in [4.69, 9.17) is 5.11 Å². The fourth-order valence-corrected chi connectivity index (χ4v) is 0.854. The van der Waals surface area contributed by atoms with E-state index in [1.165, 1.54) is 0 Å². The van der Waals surface area contributed by atoms with Crippen molar-refractivity contribution in [2.45, 2.75) is 33.1 Å². The number of phenolic OH excluding ortho intramolecular Hbond substituents is 1. The second-order valence-electron chi connectivity index (χ2n) is 3.14. The molecule has 0 radical (unpaired) electrons. The Morgan fingerprint density at radius 2 is 1.86 bits per heavy atom. The molecule has 78 valence electrons. The summed E-state index contributed by atoms with van der Waals surface area (Å²) in [4.78, 5) is 10.2. The van der Waals surface area contributed by atoms with Crippen molar-refractivity contribution < 1.29 is 9.90 Å². The number of unbranched alkanes of at least 4 members (excludes halogenated alkanes) is 1. The number of para-hydroxylation sites is 1. The summed E-state index contributed by atoms with van der Waals surface area (Å²) < 4.78 is 0. The number of rotatable bonds is 3. The number of carbonyl (C=O) groups is 1. The SMILES string of the molecule is CCCCC(C)=O.Oc1ccccc1. The minimum absolute atomic E-state index is 0.307. The van der Waals surface area contributed by atoms with Crippen LogP contribution in [0.25, 0.3) is 0 Å². The lowest BCUT2D eigenvalue weighted by Crippen LogP contribution is -1.86. The first kappa shape index (κ1) is 12.7. The normalized spacial score (nSPS) is 8.71. The predicted molar refractivity (Wildman–Crippen MR) is 58.3 cm³/mol. The van der Waals surface area contributed by atoms with E-state index in [1.807, 2.05) is 6.07 Å². The highest BCUT2D eigenvalue weighted by atomic mass is 16.3. The second-order valence-corrected chi connectivity index (χ2v) is 3.14. The minimum Gasteiger partial charge on any atom is -0.508 e. The molecule has 0 aliphatic carbocycles. The van der Waals surface area contributed by atoms with E-state index in [9.17, 15) is 4.79 Å². The number of Topliss-reactive ketones (excluding diaryl/α,β-unsaturated/α-hetero) is 1. The van der Waals surface area contributed by atoms with Crippen molar-refractivity contribution in [1.82, 2.24) is 0 Å². The third kappa shape index (κ3) is 8.78. The van der Waals surface area contributed by atoms with Gasteiger partial charge in [-0.2, -0.15) is 0 Å². The average Bonchev–Trinajstić information content (AvgIpc) is 2.17. The van der Waals surface area contributed by atoms with Crippen LogP contribution in [0.3, 0.4) is 0 Å². The number of hydrogen-bond donors (Lipinski definition) is 1. The van der Waals surface area contributed by atoms with Crippen molar-refractivity contribution >= 4 is 5.78 Å². The molecule has 0 aromatic heterocycles. The van der Waals surface area contributed by atoms with E-state index in [0.717, 1.165) is 19.3 Å². The molecule has 0 saturated heterocycles. The van der Waals surface area contributed by atoms with Gasteiger partial charge in [-0.15, -0.1) is 0 Å². The van der Waals surface area contributed by atoms with Gasteiger partial charge in [0, 0.05) is 6.42 Å². The fourth-order valence-electron chi connectivity index (χ4n) is 0.854. The van der Waals surface area contributed by atoms with Crippen LogP contribution in [0.1, 0.15) is 33.1 Å². The lowest BCUT2D eigenvalue weighted by Gasteiger charge is -1.86. The molecule has 1 aromatic carbocycles. The maximum Gasteiger partial charge on any atom is 0.129 e. The van der Waals surface area contributed by atoms with Crippen molar-refractivity contribution in [2.75, 3.05) is 0 Å². The van der Waals surface area contributed by atoms with Gasteiger partial charge in [0.1, 0.15) is 11.5 Å². The first-order valence-corrected chi connectivity index (χ1v) is 4.90. The zero-order valence-electron chi connectivity index (χ0n) is 8.86. The molecule has 1 N–H and O–H groups in total. The van der Waals surface area contributed by atoms with E-state index in [0.29, 0.717) is 11.5 Å². The summed E-state index contributed by atoms with van der Waals surface area (Å²) in [5.41, 5.74) is 0. The predicted octanol–water partition coefficient (Wildman–Crippen LogP) is 3.16. The molecule has 0 bridgehead atoms. The van der Waals surface area contributed by atoms with Crippen molar-refractivity contribution in [2.24, 2.45) is 0 Å². The largest absolute Gasteiger partial charge is 0.508 e. The van der Waals surface area contributed by atoms with E-state index in [-0.39, 0.29) is 0 Å². The number of hydrogen-bond acceptors (Lipinski definition) is 2. The molecular formula is C12H18O2. The Hall–Kier alpha value is -1.31. The number of ketones is 1. The molecule has 14 heavy (non-hydrogen) atoms. The van der Waals surface area contributed by atoms with Gasteiger partial charge in [-0.1, -0.05) is 31.5 Å². The van der Waals surface area contributed by atoms with Crippen LogP contribution in [0.2, 0.25) is 0 Å². The average molecular weight is 194 g/mol. The van der Waals surface area contributed by atoms with E-state index in [2.05, 4.69) is 6.92 Å². The molecule has 0 aliphatic rings. The smallest absolute Gasteiger partial charge is 0.129 e. The van der Waals surface area contributed by atoms with Crippen LogP contribution in [-0.4, -0.2) is 10.9 Å². The van der Waals surface area contributed by atoms with Crippen molar-refractivity contribution in [1.29, 1.82) is 0 Å². The molecule has 0 spiro atoms. The molecule has 1 aromatic rings. The molecule has 0 aliphatic heterocycles. The van der Waals surface area contributed by atoms with Crippen molar-refractivity contribution in [3.63, 3.8) is 0 Å². The molecule has 1 rings (SSSR count). The molecule has 0 fully saturated rings. The van der Waals surface area contributed by atoms with Gasteiger partial charge in [0.25, 0.3) is 0 Å². The van der Waals surface area contributed by atoms with Crippen LogP contribution < -0.4 is 0 Å². The van der Waals surface area contributed by atoms with Crippen LogP contribution in [0, 0.1) is 0 Å². The lowest BCUT2D eigenvalue weighted by molar-refractivity contribution is -0.117. The summed E-state index contributed by atoms with van der Waals surface area (Å²) in [5.74, 6) is 0.629. The van der Waals surface area contributed by atoms with Crippen LogP contribution >= 0.6 is 0 Å². The first-order chi connectivity index (χ1) is 6.66. The second kappa shape index (κ2) is 8.30. The van der Waals surface area contributed by atoms with Gasteiger partial charge in [0.2, 0.25) is 0 Å². The Balaban J connectivity index is 0.000000241. The highest BCUT2D eigenvalue weighted by molar-refractivity contribution is 5.75. The molecule has 2 heteroatoms. The number of carbonyl (C=O) groups excluding carboxylic acids is 1. The lowest BCUT2D eigenvalue weighted by atomic mass is 10.2. The Kier molecular flexibility index (Phi) is 7.52. The van der Waals surface area contributed by atoms with Gasteiger partial charge >= 0.3 is 0 Å². The van der Waals surface area contributed by atoms with Gasteiger partial charge < -0.3 is 9.90 Å². The zero-order chi connectivity index (χ0) is 10.8. The third-order valence-corrected chi connectivity index (χ3v) is 1.64. The van der Waals surface area contributed by atoms with Crippen molar-refractivity contribution in [3.8, 4) is 5.75 Å². The Bertz CT molecular complexity index is 242. The van der Waals surface area contributed by atoms with Crippen molar-refractivity contribution in [3.05, 3.63) is 30.3 Å². The molecule has 0 amide bonds. The molecule has 2 nitrogen and oxygen atoms in total. The molecule has 0 atom stereocenters. The summed E-state index contributed by atoms with van der Waals surface area (Å²) in [6, 6.07) is 8.71. The minimum atomic E-state index is 0.307. The van der Waals surface area contributed by atoms with E-state index in [1.54, 1.807) is 31.2 Å². The summed E-state index contributed by atoms with van der Waals surface area (Å²) in [7, 11) is 0. The van der Waals surface area contributed by atoms with Crippen LogP contribution in [0.4, 0.5) is 0 Å². The molecule has 0 saturated carbocycles. The highest BCUT2D eigenvalue weighted by Crippen LogP contribution is 2.02. The first-order valence-electron chi connectivity index (χ1n) is 4.90. The summed E-state index contributed by atoms with van der Waals surface area (Å²) in [5, 5.41) is 8.63. The van der Waals surface area contributed by atoms with Gasteiger partial charge in [-0.3, -0.25) is 0 Å². The number of phenols is 1. The Morgan fingerprint density at radius 1 is 1.29 bits per heavy atom. The summed E-state index contributed by atoms with van der Waals surface area (Å²) >= 11 is 0. The van der Waals surface area contributed by atoms with Gasteiger partial charge in [-0.05, 0) is 25.5 Å². The summed E-state index contributed by atoms with van der Waals surface area (Å²) in [6.07, 6.45) is 2.94. The van der Waals surface area contributed by atoms with Gasteiger partial charge in [0.15, 0.2) is 0 Å². The monoisotopic (exact) mass is 194 g/mol.